The second-order valence-corrected chi connectivity index (χ2v) is 8.30. The molecule has 0 saturated carbocycles. The fourth-order valence-electron chi connectivity index (χ4n) is 1.92. The van der Waals surface area contributed by atoms with Gasteiger partial charge in [-0.3, -0.25) is 9.67 Å². The summed E-state index contributed by atoms with van der Waals surface area (Å²) in [5, 5.41) is 4.32. The van der Waals surface area contributed by atoms with Gasteiger partial charge in [0.25, 0.3) is 0 Å². The highest BCUT2D eigenvalue weighted by Gasteiger charge is 2.30. The van der Waals surface area contributed by atoms with Crippen LogP contribution < -0.4 is 4.72 Å². The first-order chi connectivity index (χ1) is 10.5. The van der Waals surface area contributed by atoms with E-state index in [1.54, 1.807) is 13.0 Å². The van der Waals surface area contributed by atoms with Gasteiger partial charge in [0.2, 0.25) is 0 Å². The molecule has 2 aromatic rings. The number of hydrogen-bond donors (Lipinski definition) is 1. The summed E-state index contributed by atoms with van der Waals surface area (Å²) in [6.45, 7) is 6.19. The van der Waals surface area contributed by atoms with Gasteiger partial charge in [-0.25, -0.2) is 0 Å². The van der Waals surface area contributed by atoms with Gasteiger partial charge in [0.05, 0.1) is 29.6 Å². The minimum Gasteiger partial charge on any atom is -0.598 e. The predicted molar refractivity (Wildman–Crippen MR) is 83.0 cm³/mol. The van der Waals surface area contributed by atoms with E-state index >= 15 is 0 Å². The first kappa shape index (κ1) is 18.0. The number of halogens is 3. The molecule has 2 rings (SSSR count). The maximum atomic E-state index is 12.5. The van der Waals surface area contributed by atoms with Crippen LogP contribution in [0.1, 0.15) is 39.4 Å². The zero-order chi connectivity index (χ0) is 17.4. The minimum absolute atomic E-state index is 0.301. The molecular weight excluding hydrogens is 329 g/mol. The highest BCUT2D eigenvalue weighted by molar-refractivity contribution is 7.90. The van der Waals surface area contributed by atoms with Gasteiger partial charge in [-0.2, -0.15) is 18.3 Å². The van der Waals surface area contributed by atoms with Crippen LogP contribution in [-0.4, -0.2) is 30.2 Å². The Labute approximate surface area is 135 Å². The summed E-state index contributed by atoms with van der Waals surface area (Å²) in [7, 11) is 0. The van der Waals surface area contributed by atoms with Gasteiger partial charge in [0.1, 0.15) is 11.3 Å². The van der Waals surface area contributed by atoms with Crippen LogP contribution in [-0.2, 0) is 17.9 Å². The molecular formula is C14H19F3N4OS. The average molecular weight is 348 g/mol. The Morgan fingerprint density at radius 2 is 1.96 bits per heavy atom. The number of fused-ring (bicyclic) bond motifs is 1. The first-order valence-corrected chi connectivity index (χ1v) is 8.18. The lowest BCUT2D eigenvalue weighted by molar-refractivity contribution is -0.141. The van der Waals surface area contributed by atoms with Crippen LogP contribution in [0, 0.1) is 0 Å². The Morgan fingerprint density at radius 3 is 2.52 bits per heavy atom. The highest BCUT2D eigenvalue weighted by Crippen LogP contribution is 2.24. The number of hydrogen-bond acceptors (Lipinski definition) is 4. The molecule has 1 unspecified atom stereocenters. The standard InChI is InChI=1S/C14H19F3N4OS/c1-9(20-23(22)13(2,3)4)11-5-10-6-19-21(8-14(15,16)17)12(10)7-18-11/h5-7,9,20H,8H2,1-4H3/t9-,23?/m1/s1. The molecule has 0 aliphatic heterocycles. The first-order valence-electron chi connectivity index (χ1n) is 7.03. The molecule has 2 aromatic heterocycles. The molecule has 0 fully saturated rings. The van der Waals surface area contributed by atoms with Gasteiger partial charge in [0.15, 0.2) is 0 Å². The molecule has 1 N–H and O–H groups in total. The van der Waals surface area contributed by atoms with Crippen molar-refractivity contribution < 1.29 is 17.7 Å². The largest absolute Gasteiger partial charge is 0.598 e. The Bertz CT molecular complexity index is 681. The summed E-state index contributed by atoms with van der Waals surface area (Å²) in [5.74, 6) is 0. The number of alkyl halides is 3. The maximum absolute atomic E-state index is 12.5. The third-order valence-corrected chi connectivity index (χ3v) is 4.84. The van der Waals surface area contributed by atoms with E-state index in [2.05, 4.69) is 14.8 Å². The van der Waals surface area contributed by atoms with Crippen molar-refractivity contribution in [2.45, 2.75) is 51.2 Å². The van der Waals surface area contributed by atoms with Gasteiger partial charge >= 0.3 is 6.18 Å². The van der Waals surface area contributed by atoms with E-state index < -0.39 is 28.8 Å². The number of nitrogens with one attached hydrogen (secondary N) is 1. The third-order valence-electron chi connectivity index (χ3n) is 3.16. The van der Waals surface area contributed by atoms with Crippen LogP contribution in [0.4, 0.5) is 13.2 Å². The second-order valence-electron chi connectivity index (χ2n) is 6.31. The number of rotatable bonds is 4. The molecule has 5 nitrogen and oxygen atoms in total. The average Bonchev–Trinajstić information content (AvgIpc) is 2.78. The zero-order valence-electron chi connectivity index (χ0n) is 13.3. The summed E-state index contributed by atoms with van der Waals surface area (Å²) in [6.07, 6.45) is -1.60. The Kier molecular flexibility index (Phi) is 4.93. The number of pyridine rings is 1. The van der Waals surface area contributed by atoms with Crippen molar-refractivity contribution in [3.63, 3.8) is 0 Å². The lowest BCUT2D eigenvalue weighted by Crippen LogP contribution is -2.40. The van der Waals surface area contributed by atoms with Gasteiger partial charge < -0.3 is 4.55 Å². The SMILES string of the molecule is C[C@@H](N[S+]([O-])C(C)(C)C)c1cc2cnn(CC(F)(F)F)c2cn1. The molecule has 0 spiro atoms. The summed E-state index contributed by atoms with van der Waals surface area (Å²) >= 11 is -1.27. The van der Waals surface area contributed by atoms with Crippen molar-refractivity contribution in [1.82, 2.24) is 19.5 Å². The summed E-state index contributed by atoms with van der Waals surface area (Å²) in [6, 6.07) is 1.36. The topological polar surface area (TPSA) is 65.8 Å². The molecule has 0 amide bonds. The fraction of sp³-hybridized carbons (Fsp3) is 0.571. The summed E-state index contributed by atoms with van der Waals surface area (Å²) in [5.41, 5.74) is 0.914. The molecule has 0 bridgehead atoms. The van der Waals surface area contributed by atoms with Crippen LogP contribution in [0.3, 0.4) is 0 Å². The molecule has 128 valence electrons. The zero-order valence-corrected chi connectivity index (χ0v) is 14.1. The Morgan fingerprint density at radius 1 is 1.30 bits per heavy atom. The fourth-order valence-corrected chi connectivity index (χ4v) is 2.72. The van der Waals surface area contributed by atoms with Gasteiger partial charge in [-0.05, 0) is 33.8 Å². The van der Waals surface area contributed by atoms with Gasteiger partial charge in [0, 0.05) is 16.7 Å². The van der Waals surface area contributed by atoms with Crippen LogP contribution in [0.5, 0.6) is 0 Å². The molecule has 0 aliphatic carbocycles. The van der Waals surface area contributed by atoms with Crippen molar-refractivity contribution in [1.29, 1.82) is 0 Å². The van der Waals surface area contributed by atoms with Crippen molar-refractivity contribution in [3.8, 4) is 0 Å². The van der Waals surface area contributed by atoms with Crippen LogP contribution in [0.25, 0.3) is 10.9 Å². The van der Waals surface area contributed by atoms with E-state index in [9.17, 15) is 17.7 Å². The third kappa shape index (κ3) is 4.58. The molecule has 0 aliphatic rings. The minimum atomic E-state index is -4.34. The lowest BCUT2D eigenvalue weighted by atomic mass is 10.2. The van der Waals surface area contributed by atoms with Gasteiger partial charge in [-0.1, -0.05) is 0 Å². The monoisotopic (exact) mass is 348 g/mol. The molecule has 0 saturated heterocycles. The van der Waals surface area contributed by atoms with E-state index in [4.69, 9.17) is 0 Å². The van der Waals surface area contributed by atoms with Crippen LogP contribution >= 0.6 is 0 Å². The molecule has 2 heterocycles. The van der Waals surface area contributed by atoms with Crippen molar-refractivity contribution in [2.75, 3.05) is 0 Å². The second kappa shape index (κ2) is 6.29. The maximum Gasteiger partial charge on any atom is 0.408 e. The van der Waals surface area contributed by atoms with Gasteiger partial charge in [-0.15, -0.1) is 4.72 Å². The van der Waals surface area contributed by atoms with E-state index in [0.717, 1.165) is 4.68 Å². The molecule has 23 heavy (non-hydrogen) atoms. The molecule has 9 heteroatoms. The number of nitrogens with zero attached hydrogens (tertiary/aromatic N) is 3. The summed E-state index contributed by atoms with van der Waals surface area (Å²) < 4.78 is 53.0. The highest BCUT2D eigenvalue weighted by atomic mass is 32.2. The predicted octanol–water partition coefficient (Wildman–Crippen LogP) is 3.11. The van der Waals surface area contributed by atoms with E-state index in [0.29, 0.717) is 16.6 Å². The van der Waals surface area contributed by atoms with Crippen molar-refractivity contribution >= 4 is 22.3 Å². The van der Waals surface area contributed by atoms with E-state index in [1.807, 2.05) is 20.8 Å². The normalized spacial score (nSPS) is 15.8. The summed E-state index contributed by atoms with van der Waals surface area (Å²) in [4.78, 5) is 4.18. The lowest BCUT2D eigenvalue weighted by Gasteiger charge is -2.26. The number of aromatic nitrogens is 3. The smallest absolute Gasteiger partial charge is 0.408 e. The van der Waals surface area contributed by atoms with Crippen LogP contribution in [0.15, 0.2) is 18.5 Å². The van der Waals surface area contributed by atoms with E-state index in [1.165, 1.54) is 12.4 Å². The van der Waals surface area contributed by atoms with Crippen molar-refractivity contribution in [3.05, 3.63) is 24.2 Å². The van der Waals surface area contributed by atoms with Crippen LogP contribution in [0.2, 0.25) is 0 Å². The quantitative estimate of drug-likeness (QED) is 0.862. The van der Waals surface area contributed by atoms with E-state index in [-0.39, 0.29) is 6.04 Å². The van der Waals surface area contributed by atoms with Crippen molar-refractivity contribution in [2.24, 2.45) is 0 Å². The molecule has 0 aromatic carbocycles. The Hall–Kier alpha value is -1.32. The Balaban J connectivity index is 2.21. The molecule has 0 radical (unpaired) electrons. The molecule has 2 atom stereocenters.